The van der Waals surface area contributed by atoms with Crippen LogP contribution in [0, 0.1) is 6.92 Å². The smallest absolute Gasteiger partial charge is 0.342 e. The quantitative estimate of drug-likeness (QED) is 0.807. The molecular formula is C12H10N2O6S. The summed E-state index contributed by atoms with van der Waals surface area (Å²) in [6, 6.07) is 4.89. The molecule has 0 amide bonds. The maximum atomic E-state index is 12.4. The predicted molar refractivity (Wildman–Crippen MR) is 72.0 cm³/mol. The Balaban J connectivity index is 2.81. The first kappa shape index (κ1) is 14.7. The molecule has 1 aromatic heterocycles. The lowest BCUT2D eigenvalue weighted by Crippen LogP contribution is -2.35. The normalized spacial score (nSPS) is 11.3. The maximum absolute atomic E-state index is 12.4. The second-order valence-electron chi connectivity index (χ2n) is 4.17. The summed E-state index contributed by atoms with van der Waals surface area (Å²) in [4.78, 5) is 35.4. The van der Waals surface area contributed by atoms with Crippen LogP contribution in [0.1, 0.15) is 15.9 Å². The number of aromatic amines is 1. The van der Waals surface area contributed by atoms with E-state index in [2.05, 4.69) is 0 Å². The lowest BCUT2D eigenvalue weighted by atomic mass is 10.2. The molecule has 0 fully saturated rings. The number of carboxylic acids is 1. The van der Waals surface area contributed by atoms with Gasteiger partial charge in [0.1, 0.15) is 4.90 Å². The highest BCUT2D eigenvalue weighted by molar-refractivity contribution is 7.90. The van der Waals surface area contributed by atoms with Gasteiger partial charge in [-0.25, -0.2) is 18.0 Å². The van der Waals surface area contributed by atoms with Gasteiger partial charge in [-0.05, 0) is 19.1 Å². The maximum Gasteiger partial charge on any atom is 0.342 e. The van der Waals surface area contributed by atoms with Crippen LogP contribution >= 0.6 is 0 Å². The third kappa shape index (κ3) is 2.50. The summed E-state index contributed by atoms with van der Waals surface area (Å²) in [5, 5.41) is 9.03. The Hall–Kier alpha value is -2.68. The summed E-state index contributed by atoms with van der Waals surface area (Å²) in [5.41, 5.74) is -2.33. The molecule has 21 heavy (non-hydrogen) atoms. The van der Waals surface area contributed by atoms with Crippen LogP contribution in [0.2, 0.25) is 0 Å². The van der Waals surface area contributed by atoms with Gasteiger partial charge in [-0.3, -0.25) is 9.78 Å². The Morgan fingerprint density at radius 2 is 1.86 bits per heavy atom. The number of aryl methyl sites for hydroxylation is 1. The van der Waals surface area contributed by atoms with Crippen molar-refractivity contribution in [3.05, 3.63) is 62.4 Å². The van der Waals surface area contributed by atoms with Crippen molar-refractivity contribution in [1.29, 1.82) is 0 Å². The van der Waals surface area contributed by atoms with E-state index < -0.39 is 37.7 Å². The molecule has 1 aromatic carbocycles. The number of hydrogen-bond donors (Lipinski definition) is 2. The number of H-pyrrole nitrogens is 1. The van der Waals surface area contributed by atoms with E-state index in [1.165, 1.54) is 19.1 Å². The molecule has 2 N–H and O–H groups in total. The minimum atomic E-state index is -4.43. The molecule has 0 radical (unpaired) electrons. The van der Waals surface area contributed by atoms with Crippen LogP contribution in [-0.2, 0) is 10.0 Å². The number of nitrogens with zero attached hydrogens (tertiary/aromatic N) is 1. The first-order valence-electron chi connectivity index (χ1n) is 5.65. The Bertz CT molecular complexity index is 939. The van der Waals surface area contributed by atoms with E-state index in [0.717, 1.165) is 18.3 Å². The zero-order valence-corrected chi connectivity index (χ0v) is 11.5. The number of carboxylic acid groups (broad SMARTS) is 1. The minimum Gasteiger partial charge on any atom is -0.478 e. The molecule has 9 heteroatoms. The third-order valence-electron chi connectivity index (χ3n) is 2.74. The first-order chi connectivity index (χ1) is 9.75. The Labute approximate surface area is 118 Å². The van der Waals surface area contributed by atoms with Crippen LogP contribution in [0.25, 0.3) is 0 Å². The Morgan fingerprint density at radius 3 is 2.48 bits per heavy atom. The second kappa shape index (κ2) is 5.02. The molecule has 0 aliphatic carbocycles. The number of nitrogens with one attached hydrogen (secondary N) is 1. The molecule has 1 heterocycles. The first-order valence-corrected chi connectivity index (χ1v) is 7.09. The topological polar surface area (TPSA) is 126 Å². The van der Waals surface area contributed by atoms with E-state index in [-0.39, 0.29) is 5.56 Å². The van der Waals surface area contributed by atoms with Gasteiger partial charge in [0.15, 0.2) is 0 Å². The van der Waals surface area contributed by atoms with Gasteiger partial charge >= 0.3 is 11.7 Å². The average molecular weight is 310 g/mol. The molecule has 0 atom stereocenters. The van der Waals surface area contributed by atoms with E-state index in [1.807, 2.05) is 4.98 Å². The fourth-order valence-corrected chi connectivity index (χ4v) is 3.15. The van der Waals surface area contributed by atoms with Crippen molar-refractivity contribution in [3.8, 4) is 0 Å². The monoisotopic (exact) mass is 310 g/mol. The molecule has 2 rings (SSSR count). The summed E-state index contributed by atoms with van der Waals surface area (Å²) in [6.45, 7) is 1.33. The molecule has 110 valence electrons. The van der Waals surface area contributed by atoms with Crippen molar-refractivity contribution in [2.45, 2.75) is 11.8 Å². The lowest BCUT2D eigenvalue weighted by molar-refractivity contribution is 0.0692. The molecule has 8 nitrogen and oxygen atoms in total. The molecule has 0 saturated heterocycles. The van der Waals surface area contributed by atoms with Gasteiger partial charge < -0.3 is 5.11 Å². The van der Waals surface area contributed by atoms with E-state index in [9.17, 15) is 22.8 Å². The van der Waals surface area contributed by atoms with Crippen LogP contribution < -0.4 is 11.2 Å². The fourth-order valence-electron chi connectivity index (χ4n) is 1.70. The van der Waals surface area contributed by atoms with Gasteiger partial charge in [0.2, 0.25) is 0 Å². The Kier molecular flexibility index (Phi) is 3.52. The highest BCUT2D eigenvalue weighted by Gasteiger charge is 2.25. The van der Waals surface area contributed by atoms with E-state index in [0.29, 0.717) is 3.97 Å². The molecular weight excluding hydrogens is 300 g/mol. The fraction of sp³-hybridized carbons (Fsp3) is 0.0833. The number of aromatic carboxylic acids is 1. The van der Waals surface area contributed by atoms with Gasteiger partial charge in [0, 0.05) is 11.8 Å². The van der Waals surface area contributed by atoms with Crippen molar-refractivity contribution in [2.75, 3.05) is 0 Å². The lowest BCUT2D eigenvalue weighted by Gasteiger charge is -2.09. The molecule has 2 aromatic rings. The minimum absolute atomic E-state index is 0.00554. The van der Waals surface area contributed by atoms with Gasteiger partial charge in [-0.15, -0.1) is 0 Å². The zero-order valence-electron chi connectivity index (χ0n) is 10.7. The SMILES string of the molecule is Cc1cn(S(=O)(=O)c2ccccc2C(=O)O)c(=O)[nH]c1=O. The van der Waals surface area contributed by atoms with Gasteiger partial charge in [-0.1, -0.05) is 12.1 Å². The number of benzene rings is 1. The van der Waals surface area contributed by atoms with Crippen molar-refractivity contribution in [3.63, 3.8) is 0 Å². The number of aromatic nitrogens is 2. The zero-order chi connectivity index (χ0) is 15.8. The van der Waals surface area contributed by atoms with Gasteiger partial charge in [-0.2, -0.15) is 3.97 Å². The summed E-state index contributed by atoms with van der Waals surface area (Å²) in [7, 11) is -4.43. The average Bonchev–Trinajstić information content (AvgIpc) is 2.42. The predicted octanol–water partition coefficient (Wildman–Crippen LogP) is -0.220. The van der Waals surface area contributed by atoms with Gasteiger partial charge in [0.05, 0.1) is 5.56 Å². The molecule has 0 aliphatic heterocycles. The summed E-state index contributed by atoms with van der Waals surface area (Å²) < 4.78 is 25.2. The highest BCUT2D eigenvalue weighted by Crippen LogP contribution is 2.17. The van der Waals surface area contributed by atoms with Crippen LogP contribution in [0.5, 0.6) is 0 Å². The molecule has 0 bridgehead atoms. The third-order valence-corrected chi connectivity index (χ3v) is 4.44. The van der Waals surface area contributed by atoms with Gasteiger partial charge in [0.25, 0.3) is 15.6 Å². The van der Waals surface area contributed by atoms with Crippen molar-refractivity contribution < 1.29 is 18.3 Å². The van der Waals surface area contributed by atoms with E-state index in [4.69, 9.17) is 5.11 Å². The standard InChI is InChI=1S/C12H10N2O6S/c1-7-6-14(12(18)13-10(7)15)21(19,20)9-5-3-2-4-8(9)11(16)17/h2-6H,1H3,(H,16,17)(H,13,15,18). The summed E-state index contributed by atoms with van der Waals surface area (Å²) in [5.74, 6) is -1.44. The molecule has 0 unspecified atom stereocenters. The molecule has 0 aliphatic rings. The number of hydrogen-bond acceptors (Lipinski definition) is 5. The van der Waals surface area contributed by atoms with Crippen molar-refractivity contribution in [2.24, 2.45) is 0 Å². The summed E-state index contributed by atoms with van der Waals surface area (Å²) in [6.07, 6.45) is 0.856. The van der Waals surface area contributed by atoms with Crippen LogP contribution in [-0.4, -0.2) is 28.5 Å². The van der Waals surface area contributed by atoms with Crippen LogP contribution in [0.4, 0.5) is 0 Å². The number of carbonyl (C=O) groups is 1. The van der Waals surface area contributed by atoms with Crippen LogP contribution in [0.15, 0.2) is 44.9 Å². The Morgan fingerprint density at radius 1 is 1.24 bits per heavy atom. The largest absolute Gasteiger partial charge is 0.478 e. The van der Waals surface area contributed by atoms with Crippen LogP contribution in [0.3, 0.4) is 0 Å². The van der Waals surface area contributed by atoms with E-state index in [1.54, 1.807) is 0 Å². The summed E-state index contributed by atoms with van der Waals surface area (Å²) >= 11 is 0. The number of rotatable bonds is 3. The molecule has 0 spiro atoms. The molecule has 0 saturated carbocycles. The van der Waals surface area contributed by atoms with E-state index >= 15 is 0 Å². The van der Waals surface area contributed by atoms with Crippen molar-refractivity contribution >= 4 is 16.0 Å². The second-order valence-corrected chi connectivity index (χ2v) is 5.96. The highest BCUT2D eigenvalue weighted by atomic mass is 32.2. The van der Waals surface area contributed by atoms with Crippen molar-refractivity contribution in [1.82, 2.24) is 8.96 Å².